The molecular weight excluding hydrogens is 431 g/mol. The van der Waals surface area contributed by atoms with Gasteiger partial charge in [0.2, 0.25) is 0 Å². The molecular formula is C20H22ClFN4O5. The topological polar surface area (TPSA) is 106 Å². The summed E-state index contributed by atoms with van der Waals surface area (Å²) in [5.41, 5.74) is -0.957. The van der Waals surface area contributed by atoms with Crippen molar-refractivity contribution in [2.75, 3.05) is 27.3 Å². The van der Waals surface area contributed by atoms with Gasteiger partial charge in [-0.15, -0.1) is 0 Å². The van der Waals surface area contributed by atoms with Gasteiger partial charge in [-0.3, -0.25) is 14.6 Å². The van der Waals surface area contributed by atoms with E-state index in [1.165, 1.54) is 28.2 Å². The third-order valence-corrected chi connectivity index (χ3v) is 6.35. The van der Waals surface area contributed by atoms with E-state index in [0.717, 1.165) is 0 Å². The molecule has 2 atom stereocenters. The predicted octanol–water partition coefficient (Wildman–Crippen LogP) is 0.861. The molecule has 0 bridgehead atoms. The minimum atomic E-state index is -1.71. The van der Waals surface area contributed by atoms with Gasteiger partial charge in [0, 0.05) is 38.8 Å². The minimum absolute atomic E-state index is 0.0736. The number of benzene rings is 1. The SMILES string of the molecule is CN1C(=O)C2=C(O)C(O)C(C(=O)NCc3cccc(Cl)c3F)=CN2N(C)C12CCOC2. The van der Waals surface area contributed by atoms with Crippen LogP contribution in [0.2, 0.25) is 5.02 Å². The van der Waals surface area contributed by atoms with Crippen molar-refractivity contribution in [1.29, 1.82) is 0 Å². The number of hydrazine groups is 1. The van der Waals surface area contributed by atoms with E-state index >= 15 is 0 Å². The highest BCUT2D eigenvalue weighted by Crippen LogP contribution is 2.40. The number of ether oxygens (including phenoxy) is 1. The number of nitrogens with one attached hydrogen (secondary N) is 1. The van der Waals surface area contributed by atoms with Crippen molar-refractivity contribution < 1.29 is 28.9 Å². The molecule has 1 aromatic rings. The predicted molar refractivity (Wildman–Crippen MR) is 108 cm³/mol. The van der Waals surface area contributed by atoms with Crippen LogP contribution in [0.15, 0.2) is 41.4 Å². The molecule has 11 heteroatoms. The summed E-state index contributed by atoms with van der Waals surface area (Å²) in [6.07, 6.45) is 0.117. The van der Waals surface area contributed by atoms with Gasteiger partial charge in [0.05, 0.1) is 23.8 Å². The first-order valence-corrected chi connectivity index (χ1v) is 9.99. The maximum Gasteiger partial charge on any atom is 0.276 e. The molecule has 3 aliphatic heterocycles. The largest absolute Gasteiger partial charge is 0.507 e. The van der Waals surface area contributed by atoms with E-state index in [2.05, 4.69) is 5.32 Å². The molecule has 3 aliphatic rings. The molecule has 0 aromatic heterocycles. The average Bonchev–Trinajstić information content (AvgIpc) is 3.24. The fraction of sp³-hybridized carbons (Fsp3) is 0.400. The second-order valence-corrected chi connectivity index (χ2v) is 8.04. The molecule has 1 spiro atoms. The van der Waals surface area contributed by atoms with Crippen molar-refractivity contribution in [2.45, 2.75) is 24.7 Å². The van der Waals surface area contributed by atoms with Crippen LogP contribution in [0.5, 0.6) is 0 Å². The molecule has 166 valence electrons. The smallest absolute Gasteiger partial charge is 0.276 e. The molecule has 1 aromatic carbocycles. The highest BCUT2D eigenvalue weighted by molar-refractivity contribution is 6.30. The number of carbonyl (C=O) groups is 2. The Balaban J connectivity index is 1.62. The van der Waals surface area contributed by atoms with E-state index in [9.17, 15) is 24.2 Å². The molecule has 2 amide bonds. The number of nitrogens with zero attached hydrogens (tertiary/aromatic N) is 3. The lowest BCUT2D eigenvalue weighted by Crippen LogP contribution is -2.70. The number of hydrogen-bond acceptors (Lipinski definition) is 7. The van der Waals surface area contributed by atoms with E-state index in [1.807, 2.05) is 0 Å². The highest BCUT2D eigenvalue weighted by Gasteiger charge is 2.54. The number of carbonyl (C=O) groups excluding carboxylic acids is 2. The highest BCUT2D eigenvalue weighted by atomic mass is 35.5. The monoisotopic (exact) mass is 452 g/mol. The average molecular weight is 453 g/mol. The van der Waals surface area contributed by atoms with Gasteiger partial charge >= 0.3 is 0 Å². The molecule has 3 heterocycles. The summed E-state index contributed by atoms with van der Waals surface area (Å²) in [7, 11) is 3.30. The van der Waals surface area contributed by atoms with Crippen molar-refractivity contribution >= 4 is 23.4 Å². The summed E-state index contributed by atoms with van der Waals surface area (Å²) >= 11 is 5.76. The number of aliphatic hydroxyl groups is 2. The van der Waals surface area contributed by atoms with Crippen LogP contribution >= 0.6 is 11.6 Å². The Hall–Kier alpha value is -2.66. The van der Waals surface area contributed by atoms with Gasteiger partial charge in [-0.2, -0.15) is 5.01 Å². The third kappa shape index (κ3) is 3.26. The first-order valence-electron chi connectivity index (χ1n) is 9.62. The van der Waals surface area contributed by atoms with Gasteiger partial charge in [-0.05, 0) is 6.07 Å². The molecule has 9 nitrogen and oxygen atoms in total. The van der Waals surface area contributed by atoms with E-state index in [4.69, 9.17) is 16.3 Å². The molecule has 0 saturated carbocycles. The zero-order valence-corrected chi connectivity index (χ0v) is 17.7. The Morgan fingerprint density at radius 2 is 2.16 bits per heavy atom. The number of fused-ring (bicyclic) bond motifs is 1. The van der Waals surface area contributed by atoms with Crippen LogP contribution in [0.4, 0.5) is 4.39 Å². The third-order valence-electron chi connectivity index (χ3n) is 6.06. The van der Waals surface area contributed by atoms with Gasteiger partial charge in [-0.25, -0.2) is 4.39 Å². The molecule has 0 aliphatic carbocycles. The minimum Gasteiger partial charge on any atom is -0.507 e. The summed E-state index contributed by atoms with van der Waals surface area (Å²) in [4.78, 5) is 27.2. The second-order valence-electron chi connectivity index (χ2n) is 7.63. The van der Waals surface area contributed by atoms with Crippen LogP contribution in [-0.2, 0) is 20.9 Å². The van der Waals surface area contributed by atoms with E-state index < -0.39 is 35.2 Å². The Morgan fingerprint density at radius 3 is 2.84 bits per heavy atom. The maximum atomic E-state index is 14.1. The van der Waals surface area contributed by atoms with Crippen molar-refractivity contribution in [3.8, 4) is 0 Å². The molecule has 2 saturated heterocycles. The first-order chi connectivity index (χ1) is 14.7. The number of amides is 2. The lowest BCUT2D eigenvalue weighted by Gasteiger charge is -2.54. The molecule has 3 N–H and O–H groups in total. The van der Waals surface area contributed by atoms with Crippen LogP contribution in [0, 0.1) is 5.82 Å². The molecule has 31 heavy (non-hydrogen) atoms. The number of hydrogen-bond donors (Lipinski definition) is 3. The van der Waals surface area contributed by atoms with Crippen molar-refractivity contribution in [3.05, 3.63) is 57.8 Å². The Morgan fingerprint density at radius 1 is 1.42 bits per heavy atom. The summed E-state index contributed by atoms with van der Waals surface area (Å²) in [5, 5.41) is 26.6. The summed E-state index contributed by atoms with van der Waals surface area (Å²) < 4.78 is 19.6. The Bertz CT molecular complexity index is 1010. The lowest BCUT2D eigenvalue weighted by atomic mass is 9.98. The number of rotatable bonds is 3. The molecule has 4 rings (SSSR count). The van der Waals surface area contributed by atoms with Crippen LogP contribution in [0.3, 0.4) is 0 Å². The van der Waals surface area contributed by atoms with Crippen molar-refractivity contribution in [1.82, 2.24) is 20.2 Å². The fourth-order valence-electron chi connectivity index (χ4n) is 4.08. The van der Waals surface area contributed by atoms with Gasteiger partial charge in [0.25, 0.3) is 11.8 Å². The number of halogens is 2. The van der Waals surface area contributed by atoms with Crippen molar-refractivity contribution in [2.24, 2.45) is 0 Å². The van der Waals surface area contributed by atoms with Crippen LogP contribution in [-0.4, -0.2) is 76.0 Å². The number of likely N-dealkylation sites (N-methyl/N-ethyl adjacent to an activating group) is 2. The maximum absolute atomic E-state index is 14.1. The summed E-state index contributed by atoms with van der Waals surface area (Å²) in [6, 6.07) is 4.42. The normalized spacial score (nSPS) is 26.4. The molecule has 2 unspecified atom stereocenters. The van der Waals surface area contributed by atoms with Gasteiger partial charge in [0.1, 0.15) is 17.6 Å². The number of aliphatic hydroxyl groups excluding tert-OH is 2. The quantitative estimate of drug-likeness (QED) is 0.624. The van der Waals surface area contributed by atoms with E-state index in [1.54, 1.807) is 25.2 Å². The first kappa shape index (κ1) is 21.6. The standard InChI is InChI=1S/C20H22ClFN4O5/c1-24-19(30)15-17(28)16(27)12(9-26(15)25(2)20(24)6-7-31-10-20)18(29)23-8-11-4-3-5-13(21)14(11)22/h3-5,9,16,27-28H,6-8,10H2,1-2H3,(H,23,29). The van der Waals surface area contributed by atoms with Gasteiger partial charge < -0.3 is 25.2 Å². The lowest BCUT2D eigenvalue weighted by molar-refractivity contribution is -0.179. The zero-order valence-electron chi connectivity index (χ0n) is 16.9. The summed E-state index contributed by atoms with van der Waals surface area (Å²) in [5.74, 6) is -2.52. The van der Waals surface area contributed by atoms with Gasteiger partial charge in [0.15, 0.2) is 11.5 Å². The second kappa shape index (κ2) is 7.79. The van der Waals surface area contributed by atoms with E-state index in [0.29, 0.717) is 13.0 Å². The van der Waals surface area contributed by atoms with Gasteiger partial charge in [-0.1, -0.05) is 23.7 Å². The van der Waals surface area contributed by atoms with Crippen molar-refractivity contribution in [3.63, 3.8) is 0 Å². The van der Waals surface area contributed by atoms with Crippen LogP contribution < -0.4 is 5.32 Å². The van der Waals surface area contributed by atoms with E-state index in [-0.39, 0.29) is 35.0 Å². The molecule has 0 radical (unpaired) electrons. The zero-order chi connectivity index (χ0) is 22.5. The molecule has 2 fully saturated rings. The summed E-state index contributed by atoms with van der Waals surface area (Å²) in [6.45, 7) is 0.524. The Kier molecular flexibility index (Phi) is 5.42. The van der Waals surface area contributed by atoms with Crippen LogP contribution in [0.25, 0.3) is 0 Å². The Labute approximate surface area is 182 Å². The fourth-order valence-corrected chi connectivity index (χ4v) is 4.27. The van der Waals surface area contributed by atoms with Crippen LogP contribution in [0.1, 0.15) is 12.0 Å².